The fourth-order valence-electron chi connectivity index (χ4n) is 4.13. The molecule has 1 aromatic rings. The Kier molecular flexibility index (Phi) is 8.29. The Balaban J connectivity index is 1.58. The van der Waals surface area contributed by atoms with Crippen molar-refractivity contribution in [3.63, 3.8) is 0 Å². The Morgan fingerprint density at radius 1 is 1.24 bits per heavy atom. The second kappa shape index (κ2) is 10.9. The van der Waals surface area contributed by atoms with E-state index < -0.39 is 0 Å². The van der Waals surface area contributed by atoms with Crippen LogP contribution in [-0.2, 0) is 18.3 Å². The number of hydrogen-bond acceptors (Lipinski definition) is 5. The molecule has 1 aliphatic carbocycles. The molecule has 1 saturated heterocycles. The van der Waals surface area contributed by atoms with Crippen molar-refractivity contribution < 1.29 is 4.74 Å². The summed E-state index contributed by atoms with van der Waals surface area (Å²) in [6.45, 7) is 11.7. The van der Waals surface area contributed by atoms with Crippen LogP contribution in [0, 0.1) is 12.8 Å². The summed E-state index contributed by atoms with van der Waals surface area (Å²) in [6.07, 6.45) is 6.56. The summed E-state index contributed by atoms with van der Waals surface area (Å²) < 4.78 is 8.00. The summed E-state index contributed by atoms with van der Waals surface area (Å²) in [5.74, 6) is 3.33. The molecule has 8 nitrogen and oxygen atoms in total. The van der Waals surface area contributed by atoms with Crippen molar-refractivity contribution in [1.29, 1.82) is 0 Å². The summed E-state index contributed by atoms with van der Waals surface area (Å²) >= 11 is 0. The maximum atomic E-state index is 6.00. The zero-order chi connectivity index (χ0) is 20.6. The van der Waals surface area contributed by atoms with Crippen LogP contribution < -0.4 is 10.6 Å². The SMILES string of the molecule is Cc1nnc(CN=C(NCC2CN(CC(C)C)CCO2)NC2CCCCC2)n1C. The van der Waals surface area contributed by atoms with Gasteiger partial charge in [0.2, 0.25) is 0 Å². The minimum Gasteiger partial charge on any atom is -0.374 e. The molecule has 8 heteroatoms. The lowest BCUT2D eigenvalue weighted by Crippen LogP contribution is -2.51. The van der Waals surface area contributed by atoms with Gasteiger partial charge in [0, 0.05) is 39.3 Å². The molecule has 1 aromatic heterocycles. The van der Waals surface area contributed by atoms with Crippen LogP contribution in [0.25, 0.3) is 0 Å². The van der Waals surface area contributed by atoms with E-state index >= 15 is 0 Å². The van der Waals surface area contributed by atoms with Crippen molar-refractivity contribution in [2.75, 3.05) is 32.8 Å². The van der Waals surface area contributed by atoms with Gasteiger partial charge in [0.05, 0.1) is 12.7 Å². The number of aryl methyl sites for hydroxylation is 1. The second-order valence-electron chi connectivity index (χ2n) is 8.89. The van der Waals surface area contributed by atoms with Crippen molar-refractivity contribution in [3.05, 3.63) is 11.6 Å². The lowest BCUT2D eigenvalue weighted by molar-refractivity contribution is -0.0284. The van der Waals surface area contributed by atoms with Crippen molar-refractivity contribution in [2.45, 2.75) is 71.6 Å². The van der Waals surface area contributed by atoms with Crippen LogP contribution in [0.4, 0.5) is 0 Å². The number of rotatable bonds is 7. The second-order valence-corrected chi connectivity index (χ2v) is 8.89. The summed E-state index contributed by atoms with van der Waals surface area (Å²) in [5, 5.41) is 15.6. The first-order chi connectivity index (χ1) is 14.0. The topological polar surface area (TPSA) is 79.6 Å². The van der Waals surface area contributed by atoms with E-state index in [9.17, 15) is 0 Å². The van der Waals surface area contributed by atoms with Crippen molar-refractivity contribution in [3.8, 4) is 0 Å². The number of nitrogens with zero attached hydrogens (tertiary/aromatic N) is 5. The molecule has 0 aromatic carbocycles. The number of aromatic nitrogens is 3. The third-order valence-electron chi connectivity index (χ3n) is 5.85. The average molecular weight is 406 g/mol. The minimum atomic E-state index is 0.193. The predicted molar refractivity (Wildman–Crippen MR) is 116 cm³/mol. The van der Waals surface area contributed by atoms with E-state index in [1.54, 1.807) is 0 Å². The van der Waals surface area contributed by atoms with Crippen molar-refractivity contribution >= 4 is 5.96 Å². The molecule has 2 fully saturated rings. The monoisotopic (exact) mass is 405 g/mol. The Bertz CT molecular complexity index is 651. The molecule has 0 bridgehead atoms. The van der Waals surface area contributed by atoms with Gasteiger partial charge in [0.1, 0.15) is 12.4 Å². The van der Waals surface area contributed by atoms with Gasteiger partial charge in [-0.15, -0.1) is 10.2 Å². The average Bonchev–Trinajstić information content (AvgIpc) is 3.03. The smallest absolute Gasteiger partial charge is 0.192 e. The van der Waals surface area contributed by atoms with Gasteiger partial charge in [-0.2, -0.15) is 0 Å². The largest absolute Gasteiger partial charge is 0.374 e. The molecular weight excluding hydrogens is 366 g/mol. The first-order valence-electron chi connectivity index (χ1n) is 11.2. The molecule has 2 aliphatic rings. The molecule has 2 N–H and O–H groups in total. The van der Waals surface area contributed by atoms with Crippen LogP contribution in [-0.4, -0.2) is 70.6 Å². The summed E-state index contributed by atoms with van der Waals surface area (Å²) in [7, 11) is 1.99. The molecule has 2 heterocycles. The number of guanidine groups is 1. The Morgan fingerprint density at radius 3 is 2.72 bits per heavy atom. The van der Waals surface area contributed by atoms with E-state index in [0.717, 1.165) is 50.4 Å². The molecule has 1 saturated carbocycles. The van der Waals surface area contributed by atoms with E-state index in [4.69, 9.17) is 9.73 Å². The molecular formula is C21H39N7O. The summed E-state index contributed by atoms with van der Waals surface area (Å²) in [5.41, 5.74) is 0. The molecule has 3 rings (SSSR count). The molecule has 1 atom stereocenters. The number of hydrogen-bond donors (Lipinski definition) is 2. The molecule has 0 amide bonds. The number of morpholine rings is 1. The summed E-state index contributed by atoms with van der Waals surface area (Å²) in [6, 6.07) is 0.501. The number of ether oxygens (including phenoxy) is 1. The fourth-order valence-corrected chi connectivity index (χ4v) is 4.13. The number of nitrogens with one attached hydrogen (secondary N) is 2. The molecule has 1 unspecified atom stereocenters. The lowest BCUT2D eigenvalue weighted by Gasteiger charge is -2.34. The van der Waals surface area contributed by atoms with Crippen molar-refractivity contribution in [2.24, 2.45) is 18.0 Å². The minimum absolute atomic E-state index is 0.193. The van der Waals surface area contributed by atoms with E-state index in [1.165, 1.54) is 32.1 Å². The van der Waals surface area contributed by atoms with E-state index in [1.807, 2.05) is 18.5 Å². The van der Waals surface area contributed by atoms with Gasteiger partial charge in [0.15, 0.2) is 11.8 Å². The molecule has 29 heavy (non-hydrogen) atoms. The van der Waals surface area contributed by atoms with Crippen LogP contribution in [0.2, 0.25) is 0 Å². The van der Waals surface area contributed by atoms with Gasteiger partial charge < -0.3 is 19.9 Å². The fraction of sp³-hybridized carbons (Fsp3) is 0.857. The zero-order valence-electron chi connectivity index (χ0n) is 18.7. The van der Waals surface area contributed by atoms with E-state index in [0.29, 0.717) is 18.5 Å². The maximum absolute atomic E-state index is 6.00. The number of aliphatic imine (C=N–C) groups is 1. The lowest BCUT2D eigenvalue weighted by atomic mass is 9.96. The van der Waals surface area contributed by atoms with Crippen LogP contribution in [0.1, 0.15) is 57.6 Å². The molecule has 164 valence electrons. The third kappa shape index (κ3) is 6.96. The first-order valence-corrected chi connectivity index (χ1v) is 11.2. The van der Waals surface area contributed by atoms with Crippen LogP contribution >= 0.6 is 0 Å². The Morgan fingerprint density at radius 2 is 2.03 bits per heavy atom. The van der Waals surface area contributed by atoms with Crippen LogP contribution in [0.3, 0.4) is 0 Å². The Labute approximate surface area is 175 Å². The van der Waals surface area contributed by atoms with Crippen molar-refractivity contribution in [1.82, 2.24) is 30.3 Å². The first kappa shape index (κ1) is 22.0. The molecule has 1 aliphatic heterocycles. The highest BCUT2D eigenvalue weighted by molar-refractivity contribution is 5.80. The van der Waals surface area contributed by atoms with Gasteiger partial charge in [-0.05, 0) is 25.7 Å². The Hall–Kier alpha value is -1.67. The molecule has 0 spiro atoms. The van der Waals surface area contributed by atoms with Crippen LogP contribution in [0.15, 0.2) is 4.99 Å². The predicted octanol–water partition coefficient (Wildman–Crippen LogP) is 1.85. The van der Waals surface area contributed by atoms with Gasteiger partial charge in [0.25, 0.3) is 0 Å². The van der Waals surface area contributed by atoms with Gasteiger partial charge in [-0.1, -0.05) is 33.1 Å². The van der Waals surface area contributed by atoms with Crippen LogP contribution in [0.5, 0.6) is 0 Å². The maximum Gasteiger partial charge on any atom is 0.192 e. The quantitative estimate of drug-likeness (QED) is 0.532. The van der Waals surface area contributed by atoms with Gasteiger partial charge in [-0.3, -0.25) is 4.90 Å². The van der Waals surface area contributed by atoms with E-state index in [-0.39, 0.29) is 6.10 Å². The standard InChI is InChI=1S/C21H39N7O/c1-16(2)14-28-10-11-29-19(15-28)12-22-21(24-18-8-6-5-7-9-18)23-13-20-26-25-17(3)27(20)4/h16,18-19H,5-15H2,1-4H3,(H2,22,23,24). The highest BCUT2D eigenvalue weighted by Crippen LogP contribution is 2.17. The van der Waals surface area contributed by atoms with E-state index in [2.05, 4.69) is 39.6 Å². The molecule has 0 radical (unpaired) electrons. The van der Waals surface area contributed by atoms with Gasteiger partial charge >= 0.3 is 0 Å². The highest BCUT2D eigenvalue weighted by atomic mass is 16.5. The summed E-state index contributed by atoms with van der Waals surface area (Å²) in [4.78, 5) is 7.32. The third-order valence-corrected chi connectivity index (χ3v) is 5.85. The van der Waals surface area contributed by atoms with Gasteiger partial charge in [-0.25, -0.2) is 4.99 Å². The normalized spacial score (nSPS) is 22.2. The highest BCUT2D eigenvalue weighted by Gasteiger charge is 2.22. The zero-order valence-corrected chi connectivity index (χ0v) is 18.7.